The first-order chi connectivity index (χ1) is 14.6. The molecule has 173 valence electrons. The van der Waals surface area contributed by atoms with Crippen molar-refractivity contribution in [3.05, 3.63) is 77.6 Å². The van der Waals surface area contributed by atoms with Gasteiger partial charge in [0, 0.05) is 39.0 Å². The van der Waals surface area contributed by atoms with E-state index in [-0.39, 0.29) is 31.6 Å². The van der Waals surface area contributed by atoms with Gasteiger partial charge in [0.25, 0.3) is 0 Å². The number of hydrogen-bond acceptors (Lipinski definition) is 3. The van der Waals surface area contributed by atoms with Crippen LogP contribution in [0.15, 0.2) is 60.4 Å². The predicted octanol–water partition coefficient (Wildman–Crippen LogP) is 7.41. The van der Waals surface area contributed by atoms with E-state index in [0.29, 0.717) is 24.7 Å². The third-order valence-electron chi connectivity index (χ3n) is 4.58. The van der Waals surface area contributed by atoms with Gasteiger partial charge in [0.1, 0.15) is 0 Å². The molecule has 0 unspecified atom stereocenters. The molecule has 0 fully saturated rings. The Balaban J connectivity index is 0.000000330. The molecule has 2 aromatic carbocycles. The minimum atomic E-state index is 0. The maximum atomic E-state index is 11.2. The van der Waals surface area contributed by atoms with Crippen molar-refractivity contribution < 1.29 is 30.0 Å². The average molecular weight is 609 g/mol. The van der Waals surface area contributed by atoms with Gasteiger partial charge in [-0.25, -0.2) is 0 Å². The number of nitrogens with zero attached hydrogens (tertiary/aromatic N) is 1. The predicted molar refractivity (Wildman–Crippen MR) is 130 cm³/mol. The van der Waals surface area contributed by atoms with Gasteiger partial charge < -0.3 is 5.11 Å². The number of hydrogen-bond donors (Lipinski definition) is 1. The first-order valence-corrected chi connectivity index (χ1v) is 10.9. The summed E-state index contributed by atoms with van der Waals surface area (Å²) in [6, 6.07) is 20.0. The van der Waals surface area contributed by atoms with Crippen LogP contribution in [0.2, 0.25) is 0 Å². The molecular formula is C28H34IrNO2-. The topological polar surface area (TPSA) is 50.2 Å². The van der Waals surface area contributed by atoms with Crippen LogP contribution in [0.3, 0.4) is 0 Å². The maximum Gasteiger partial charge on any atom is 0.159 e. The summed E-state index contributed by atoms with van der Waals surface area (Å²) < 4.78 is 0. The van der Waals surface area contributed by atoms with Gasteiger partial charge in [-0.15, -0.1) is 34.9 Å². The number of aliphatic hydroxyl groups excluding tert-OH is 1. The van der Waals surface area contributed by atoms with Gasteiger partial charge in [0.2, 0.25) is 0 Å². The summed E-state index contributed by atoms with van der Waals surface area (Å²) in [6.07, 6.45) is 2.46. The van der Waals surface area contributed by atoms with Crippen molar-refractivity contribution in [1.82, 2.24) is 4.98 Å². The Morgan fingerprint density at radius 3 is 2.28 bits per heavy atom. The summed E-state index contributed by atoms with van der Waals surface area (Å²) in [5, 5.41) is 10.5. The number of aryl methyl sites for hydroxylation is 2. The molecule has 0 aliphatic rings. The van der Waals surface area contributed by atoms with Gasteiger partial charge in [-0.1, -0.05) is 71.9 Å². The molecule has 1 heterocycles. The van der Waals surface area contributed by atoms with Crippen molar-refractivity contribution in [3.8, 4) is 11.3 Å². The molecule has 0 spiro atoms. The van der Waals surface area contributed by atoms with E-state index in [0.717, 1.165) is 22.3 Å². The van der Waals surface area contributed by atoms with E-state index >= 15 is 0 Å². The van der Waals surface area contributed by atoms with Crippen molar-refractivity contribution >= 4 is 16.7 Å². The number of fused-ring (bicyclic) bond motifs is 1. The van der Waals surface area contributed by atoms with Crippen LogP contribution >= 0.6 is 0 Å². The van der Waals surface area contributed by atoms with E-state index in [4.69, 9.17) is 4.98 Å². The van der Waals surface area contributed by atoms with Crippen LogP contribution in [0.4, 0.5) is 0 Å². The Bertz CT molecular complexity index is 1030. The summed E-state index contributed by atoms with van der Waals surface area (Å²) in [5.41, 5.74) is 5.48. The van der Waals surface area contributed by atoms with Gasteiger partial charge in [-0.05, 0) is 29.0 Å². The number of allylic oxidation sites excluding steroid dienone is 2. The molecule has 0 aliphatic heterocycles. The fourth-order valence-corrected chi connectivity index (χ4v) is 3.37. The van der Waals surface area contributed by atoms with Crippen molar-refractivity contribution in [1.29, 1.82) is 0 Å². The Kier molecular flexibility index (Phi) is 11.5. The van der Waals surface area contributed by atoms with Crippen LogP contribution in [-0.2, 0) is 24.9 Å². The van der Waals surface area contributed by atoms with Gasteiger partial charge in [-0.2, -0.15) is 0 Å². The number of ketones is 1. The Labute approximate surface area is 206 Å². The van der Waals surface area contributed by atoms with Crippen molar-refractivity contribution in [3.63, 3.8) is 0 Å². The fraction of sp³-hybridized carbons (Fsp3) is 0.357. The number of rotatable bonds is 6. The molecule has 3 nitrogen and oxygen atoms in total. The van der Waals surface area contributed by atoms with Crippen molar-refractivity contribution in [2.45, 2.75) is 54.4 Å². The van der Waals surface area contributed by atoms with E-state index in [1.54, 1.807) is 0 Å². The molecule has 0 bridgehead atoms. The molecule has 0 aliphatic carbocycles. The minimum Gasteiger partial charge on any atom is -0.512 e. The number of para-hydroxylation sites is 1. The molecule has 0 saturated heterocycles. The molecule has 0 atom stereocenters. The summed E-state index contributed by atoms with van der Waals surface area (Å²) in [6.45, 7) is 12.2. The zero-order chi connectivity index (χ0) is 23.0. The van der Waals surface area contributed by atoms with Gasteiger partial charge in [-0.3, -0.25) is 9.78 Å². The second-order valence-electron chi connectivity index (χ2n) is 8.94. The van der Waals surface area contributed by atoms with E-state index < -0.39 is 0 Å². The maximum absolute atomic E-state index is 11.2. The van der Waals surface area contributed by atoms with Crippen LogP contribution in [0.1, 0.15) is 51.7 Å². The largest absolute Gasteiger partial charge is 0.512 e. The first-order valence-electron chi connectivity index (χ1n) is 10.9. The number of benzene rings is 2. The quantitative estimate of drug-likeness (QED) is 0.180. The number of aromatic nitrogens is 1. The summed E-state index contributed by atoms with van der Waals surface area (Å²) in [5.74, 6) is 0.979. The van der Waals surface area contributed by atoms with Crippen LogP contribution in [0, 0.1) is 31.7 Å². The Hall–Kier alpha value is -2.29. The number of carbonyl (C=O) groups is 1. The molecular weight excluding hydrogens is 575 g/mol. The molecule has 3 rings (SSSR count). The van der Waals surface area contributed by atoms with Crippen molar-refractivity contribution in [2.24, 2.45) is 11.8 Å². The Morgan fingerprint density at radius 1 is 1.00 bits per heavy atom. The van der Waals surface area contributed by atoms with E-state index in [9.17, 15) is 9.90 Å². The van der Waals surface area contributed by atoms with Crippen LogP contribution in [0.25, 0.3) is 22.2 Å². The van der Waals surface area contributed by atoms with Crippen molar-refractivity contribution in [2.75, 3.05) is 0 Å². The molecule has 32 heavy (non-hydrogen) atoms. The van der Waals surface area contributed by atoms with Gasteiger partial charge in [0.15, 0.2) is 5.78 Å². The normalized spacial score (nSPS) is 11.2. The molecule has 0 amide bonds. The second kappa shape index (κ2) is 13.3. The molecule has 1 N–H and O–H groups in total. The van der Waals surface area contributed by atoms with Crippen LogP contribution in [-0.4, -0.2) is 15.9 Å². The molecule has 1 aromatic heterocycles. The minimum absolute atomic E-state index is 0. The second-order valence-corrected chi connectivity index (χ2v) is 8.94. The third kappa shape index (κ3) is 9.46. The third-order valence-corrected chi connectivity index (χ3v) is 4.58. The van der Waals surface area contributed by atoms with Crippen LogP contribution in [0.5, 0.6) is 0 Å². The smallest absolute Gasteiger partial charge is 0.159 e. The molecule has 0 saturated carbocycles. The summed E-state index contributed by atoms with van der Waals surface area (Å²) in [7, 11) is 0. The average Bonchev–Trinajstić information content (AvgIpc) is 2.66. The van der Waals surface area contributed by atoms with E-state index in [1.807, 2.05) is 45.9 Å². The summed E-state index contributed by atoms with van der Waals surface area (Å²) >= 11 is 0. The fourth-order valence-electron chi connectivity index (χ4n) is 3.37. The SMILES string of the molecule is CC(C)CC(=O)C=C(O)CC(C)C.Cc1[c-]c(-c2ccc3ccccc3n2)cc(C)c1.[Ir]. The first kappa shape index (κ1) is 27.7. The molecule has 4 heteroatoms. The number of carbonyl (C=O) groups excluding carboxylic acids is 1. The van der Waals surface area contributed by atoms with Gasteiger partial charge >= 0.3 is 0 Å². The van der Waals surface area contributed by atoms with Gasteiger partial charge in [0.05, 0.1) is 11.3 Å². The zero-order valence-corrected chi connectivity index (χ0v) is 22.3. The monoisotopic (exact) mass is 609 g/mol. The summed E-state index contributed by atoms with van der Waals surface area (Å²) in [4.78, 5) is 15.9. The molecule has 1 radical (unpaired) electrons. The standard InChI is InChI=1S/C17H14N.C11H20O2.Ir/c1-12-9-13(2)11-15(10-12)17-8-7-14-5-3-4-6-16(14)18-17;1-8(2)5-10(12)7-11(13)6-9(3)4;/h3-10H,1-2H3;7-9,12H,5-6H2,1-4H3;/q-1;;. The number of pyridine rings is 1. The molecule has 3 aromatic rings. The van der Waals surface area contributed by atoms with Crippen LogP contribution < -0.4 is 0 Å². The number of aliphatic hydroxyl groups is 1. The zero-order valence-electron chi connectivity index (χ0n) is 19.9. The van der Waals surface area contributed by atoms with E-state index in [2.05, 4.69) is 50.2 Å². The van der Waals surface area contributed by atoms with E-state index in [1.165, 1.54) is 17.0 Å². The Morgan fingerprint density at radius 2 is 1.66 bits per heavy atom.